The molecule has 0 fully saturated rings. The summed E-state index contributed by atoms with van der Waals surface area (Å²) in [6.45, 7) is 5.32. The van der Waals surface area contributed by atoms with E-state index in [1.807, 2.05) is 43.0 Å². The van der Waals surface area contributed by atoms with Crippen molar-refractivity contribution in [1.29, 1.82) is 0 Å². The molecule has 162 valence electrons. The first-order valence-corrected chi connectivity index (χ1v) is 10.9. The van der Waals surface area contributed by atoms with E-state index < -0.39 is 17.8 Å². The number of ether oxygens (including phenoxy) is 1. The van der Waals surface area contributed by atoms with Crippen LogP contribution in [0.5, 0.6) is 5.75 Å². The highest BCUT2D eigenvalue weighted by Crippen LogP contribution is 2.30. The standard InChI is InChI=1S/C24H25ClFN3O2/c1-3-28(4-2)21-15-27-29(19-11-7-10-18(25)14-19)24(30)23(21)31-22-13-17-9-6-5-8-16(17)12-20(22)26/h5-11,14-15,20,22H,3-4,12-13H2,1-2H3. The minimum atomic E-state index is -1.20. The normalized spacial score (nSPS) is 17.8. The number of benzene rings is 2. The Hall–Kier alpha value is -2.86. The van der Waals surface area contributed by atoms with E-state index >= 15 is 4.39 Å². The van der Waals surface area contributed by atoms with Crippen molar-refractivity contribution in [3.8, 4) is 11.4 Å². The number of aromatic nitrogens is 2. The van der Waals surface area contributed by atoms with Gasteiger partial charge in [0.05, 0.1) is 11.9 Å². The van der Waals surface area contributed by atoms with E-state index in [1.54, 1.807) is 30.5 Å². The van der Waals surface area contributed by atoms with Crippen LogP contribution in [-0.2, 0) is 12.8 Å². The van der Waals surface area contributed by atoms with E-state index in [4.69, 9.17) is 16.3 Å². The van der Waals surface area contributed by atoms with Crippen molar-refractivity contribution in [2.75, 3.05) is 18.0 Å². The molecule has 0 bridgehead atoms. The smallest absolute Gasteiger partial charge is 0.316 e. The molecule has 0 spiro atoms. The maximum atomic E-state index is 15.0. The lowest BCUT2D eigenvalue weighted by Gasteiger charge is -2.30. The minimum absolute atomic E-state index is 0.116. The lowest BCUT2D eigenvalue weighted by atomic mass is 9.88. The molecule has 0 N–H and O–H groups in total. The summed E-state index contributed by atoms with van der Waals surface area (Å²) < 4.78 is 22.4. The number of fused-ring (bicyclic) bond motifs is 1. The number of nitrogens with zero attached hydrogens (tertiary/aromatic N) is 3. The molecule has 3 aromatic rings. The Morgan fingerprint density at radius 3 is 2.52 bits per heavy atom. The Morgan fingerprint density at radius 2 is 1.84 bits per heavy atom. The summed E-state index contributed by atoms with van der Waals surface area (Å²) in [5.41, 5.74) is 2.70. The number of hydrogen-bond donors (Lipinski definition) is 0. The molecule has 2 unspecified atom stereocenters. The Bertz CT molecular complexity index is 1130. The van der Waals surface area contributed by atoms with Gasteiger partial charge in [0.25, 0.3) is 0 Å². The fourth-order valence-corrected chi connectivity index (χ4v) is 4.21. The van der Waals surface area contributed by atoms with Crippen LogP contribution >= 0.6 is 11.6 Å². The highest BCUT2D eigenvalue weighted by molar-refractivity contribution is 6.30. The van der Waals surface area contributed by atoms with E-state index in [0.29, 0.717) is 35.9 Å². The second kappa shape index (κ2) is 9.10. The van der Waals surface area contributed by atoms with Crippen molar-refractivity contribution < 1.29 is 9.13 Å². The number of rotatable bonds is 6. The lowest BCUT2D eigenvalue weighted by molar-refractivity contribution is 0.0902. The number of alkyl halides is 1. The third-order valence-corrected chi connectivity index (χ3v) is 5.93. The molecule has 0 radical (unpaired) electrons. The predicted octanol–water partition coefficient (Wildman–Crippen LogP) is 4.62. The summed E-state index contributed by atoms with van der Waals surface area (Å²) in [5, 5.41) is 4.84. The van der Waals surface area contributed by atoms with Crippen molar-refractivity contribution in [3.05, 3.63) is 81.2 Å². The molecule has 2 aromatic carbocycles. The first-order valence-electron chi connectivity index (χ1n) is 10.5. The number of hydrogen-bond acceptors (Lipinski definition) is 4. The summed E-state index contributed by atoms with van der Waals surface area (Å²) in [7, 11) is 0. The number of halogens is 2. The topological polar surface area (TPSA) is 47.4 Å². The molecule has 0 saturated heterocycles. The minimum Gasteiger partial charge on any atom is -0.479 e. The summed E-state index contributed by atoms with van der Waals surface area (Å²) in [6, 6.07) is 14.7. The largest absolute Gasteiger partial charge is 0.479 e. The Kier molecular flexibility index (Phi) is 6.28. The molecule has 0 aliphatic heterocycles. The summed E-state index contributed by atoms with van der Waals surface area (Å²) in [5.74, 6) is 0.116. The Morgan fingerprint density at radius 1 is 1.13 bits per heavy atom. The van der Waals surface area contributed by atoms with Gasteiger partial charge in [-0.15, -0.1) is 0 Å². The molecule has 1 aromatic heterocycles. The zero-order valence-electron chi connectivity index (χ0n) is 17.6. The van der Waals surface area contributed by atoms with Crippen LogP contribution in [-0.4, -0.2) is 35.1 Å². The van der Waals surface area contributed by atoms with Gasteiger partial charge in [0, 0.05) is 31.0 Å². The second-order valence-corrected chi connectivity index (χ2v) is 8.01. The van der Waals surface area contributed by atoms with Crippen molar-refractivity contribution in [3.63, 3.8) is 0 Å². The van der Waals surface area contributed by atoms with Crippen LogP contribution in [0.3, 0.4) is 0 Å². The monoisotopic (exact) mass is 441 g/mol. The quantitative estimate of drug-likeness (QED) is 0.560. The van der Waals surface area contributed by atoms with Crippen LogP contribution in [0, 0.1) is 0 Å². The molecule has 5 nitrogen and oxygen atoms in total. The average molecular weight is 442 g/mol. The molecule has 2 atom stereocenters. The first-order chi connectivity index (χ1) is 15.0. The molecule has 1 aliphatic carbocycles. The molecule has 31 heavy (non-hydrogen) atoms. The zero-order valence-corrected chi connectivity index (χ0v) is 18.3. The van der Waals surface area contributed by atoms with E-state index in [-0.39, 0.29) is 12.2 Å². The van der Waals surface area contributed by atoms with Crippen LogP contribution in [0.4, 0.5) is 10.1 Å². The van der Waals surface area contributed by atoms with Gasteiger partial charge < -0.3 is 9.64 Å². The van der Waals surface area contributed by atoms with E-state index in [9.17, 15) is 4.79 Å². The van der Waals surface area contributed by atoms with Gasteiger partial charge in [-0.05, 0) is 43.2 Å². The van der Waals surface area contributed by atoms with Crippen molar-refractivity contribution in [2.24, 2.45) is 0 Å². The van der Waals surface area contributed by atoms with E-state index in [1.165, 1.54) is 4.68 Å². The Labute approximate surface area is 186 Å². The van der Waals surface area contributed by atoms with Crippen LogP contribution < -0.4 is 15.2 Å². The molecule has 7 heteroatoms. The van der Waals surface area contributed by atoms with Crippen molar-refractivity contribution in [2.45, 2.75) is 39.0 Å². The third kappa shape index (κ3) is 4.30. The van der Waals surface area contributed by atoms with Gasteiger partial charge in [-0.1, -0.05) is 41.9 Å². The fraction of sp³-hybridized carbons (Fsp3) is 0.333. The SMILES string of the molecule is CCN(CC)c1cnn(-c2cccc(Cl)c2)c(=O)c1OC1Cc2ccccc2CC1F. The van der Waals surface area contributed by atoms with Crippen LogP contribution in [0.1, 0.15) is 25.0 Å². The zero-order chi connectivity index (χ0) is 22.0. The van der Waals surface area contributed by atoms with Crippen molar-refractivity contribution in [1.82, 2.24) is 9.78 Å². The van der Waals surface area contributed by atoms with E-state index in [2.05, 4.69) is 5.10 Å². The van der Waals surface area contributed by atoms with Gasteiger partial charge in [-0.2, -0.15) is 9.78 Å². The molecule has 4 rings (SSSR count). The first kappa shape index (κ1) is 21.4. The second-order valence-electron chi connectivity index (χ2n) is 7.58. The van der Waals surface area contributed by atoms with Gasteiger partial charge in [-0.25, -0.2) is 4.39 Å². The van der Waals surface area contributed by atoms with Crippen LogP contribution in [0.25, 0.3) is 5.69 Å². The molecule has 0 saturated carbocycles. The highest BCUT2D eigenvalue weighted by atomic mass is 35.5. The predicted molar refractivity (Wildman–Crippen MR) is 122 cm³/mol. The lowest BCUT2D eigenvalue weighted by Crippen LogP contribution is -2.39. The van der Waals surface area contributed by atoms with Gasteiger partial charge in [0.2, 0.25) is 5.75 Å². The van der Waals surface area contributed by atoms with Gasteiger partial charge in [-0.3, -0.25) is 4.79 Å². The highest BCUT2D eigenvalue weighted by Gasteiger charge is 2.32. The molecule has 1 heterocycles. The molecular weight excluding hydrogens is 417 g/mol. The maximum absolute atomic E-state index is 15.0. The Balaban J connectivity index is 1.77. The molecule has 1 aliphatic rings. The third-order valence-electron chi connectivity index (χ3n) is 5.70. The van der Waals surface area contributed by atoms with E-state index in [0.717, 1.165) is 11.1 Å². The summed E-state index contributed by atoms with van der Waals surface area (Å²) in [6.07, 6.45) is 0.344. The van der Waals surface area contributed by atoms with Gasteiger partial charge in [0.1, 0.15) is 18.0 Å². The van der Waals surface area contributed by atoms with Crippen molar-refractivity contribution >= 4 is 17.3 Å². The maximum Gasteiger partial charge on any atom is 0.316 e. The van der Waals surface area contributed by atoms with Crippen LogP contribution in [0.2, 0.25) is 5.02 Å². The molecular formula is C24H25ClFN3O2. The van der Waals surface area contributed by atoms with Gasteiger partial charge >= 0.3 is 5.56 Å². The average Bonchev–Trinajstić information content (AvgIpc) is 2.77. The summed E-state index contributed by atoms with van der Waals surface area (Å²) in [4.78, 5) is 15.4. The van der Waals surface area contributed by atoms with Gasteiger partial charge in [0.15, 0.2) is 0 Å². The number of anilines is 1. The fourth-order valence-electron chi connectivity index (χ4n) is 4.03. The summed E-state index contributed by atoms with van der Waals surface area (Å²) >= 11 is 6.10. The van der Waals surface area contributed by atoms with Crippen LogP contribution in [0.15, 0.2) is 59.5 Å². The molecule has 0 amide bonds.